The zero-order chi connectivity index (χ0) is 14.4. The average molecular weight is 263 g/mol. The van der Waals surface area contributed by atoms with Crippen molar-refractivity contribution in [3.8, 4) is 5.75 Å². The molecule has 0 saturated heterocycles. The van der Waals surface area contributed by atoms with E-state index in [4.69, 9.17) is 21.4 Å². The van der Waals surface area contributed by atoms with Gasteiger partial charge in [-0.2, -0.15) is 0 Å². The Hall–Kier alpha value is -2.47. The Morgan fingerprint density at radius 1 is 1.42 bits per heavy atom. The van der Waals surface area contributed by atoms with Gasteiger partial charge in [-0.05, 0) is 31.5 Å². The third kappa shape index (κ3) is 4.36. The van der Waals surface area contributed by atoms with E-state index >= 15 is 0 Å². The van der Waals surface area contributed by atoms with Gasteiger partial charge in [-0.3, -0.25) is 5.43 Å². The fourth-order valence-electron chi connectivity index (χ4n) is 1.38. The van der Waals surface area contributed by atoms with E-state index in [0.29, 0.717) is 5.75 Å². The number of hydrazine groups is 1. The van der Waals surface area contributed by atoms with Gasteiger partial charge in [0.2, 0.25) is 5.88 Å². The van der Waals surface area contributed by atoms with Crippen LogP contribution in [0, 0.1) is 0 Å². The smallest absolute Gasteiger partial charge is 0.357 e. The van der Waals surface area contributed by atoms with Gasteiger partial charge in [-0.25, -0.2) is 10.6 Å². The normalized spacial score (nSPS) is 11.3. The molecule has 0 spiro atoms. The van der Waals surface area contributed by atoms with Crippen LogP contribution in [0.25, 0.3) is 6.08 Å². The largest absolute Gasteiger partial charge is 0.476 e. The molecule has 6 nitrogen and oxygen atoms in total. The van der Waals surface area contributed by atoms with Crippen LogP contribution in [-0.4, -0.2) is 11.1 Å². The van der Waals surface area contributed by atoms with E-state index in [1.807, 2.05) is 26.0 Å². The van der Waals surface area contributed by atoms with E-state index in [9.17, 15) is 4.79 Å². The predicted molar refractivity (Wildman–Crippen MR) is 72.6 cm³/mol. The van der Waals surface area contributed by atoms with Crippen molar-refractivity contribution >= 4 is 12.0 Å². The molecule has 0 bridgehead atoms. The maximum atomic E-state index is 10.7. The van der Waals surface area contributed by atoms with Gasteiger partial charge in [-0.15, -0.1) is 0 Å². The molecule has 0 fully saturated rings. The summed E-state index contributed by atoms with van der Waals surface area (Å²) in [7, 11) is 0. The quantitative estimate of drug-likeness (QED) is 0.274. The molecule has 0 aromatic heterocycles. The van der Waals surface area contributed by atoms with Crippen LogP contribution in [0.15, 0.2) is 41.4 Å². The zero-order valence-corrected chi connectivity index (χ0v) is 10.8. The molecule has 0 amide bonds. The number of nitrogens with two attached hydrogens (primary N) is 2. The van der Waals surface area contributed by atoms with E-state index in [2.05, 4.69) is 5.43 Å². The second kappa shape index (κ2) is 6.46. The first-order valence-electron chi connectivity index (χ1n) is 5.56. The highest BCUT2D eigenvalue weighted by atomic mass is 16.5. The lowest BCUT2D eigenvalue weighted by Gasteiger charge is -2.11. The maximum Gasteiger partial charge on any atom is 0.357 e. The Morgan fingerprint density at radius 3 is 2.63 bits per heavy atom. The zero-order valence-electron chi connectivity index (χ0n) is 10.8. The molecular formula is C13H17N3O3. The molecule has 0 heterocycles. The number of carboxylic acids is 1. The number of ether oxygens (including phenoxy) is 1. The Labute approximate surface area is 111 Å². The molecule has 0 unspecified atom stereocenters. The molecule has 0 radical (unpaired) electrons. The summed E-state index contributed by atoms with van der Waals surface area (Å²) in [4.78, 5) is 10.7. The minimum Gasteiger partial charge on any atom is -0.476 e. The second-order valence-electron chi connectivity index (χ2n) is 4.09. The van der Waals surface area contributed by atoms with Crippen molar-refractivity contribution in [3.05, 3.63) is 47.0 Å². The summed E-state index contributed by atoms with van der Waals surface area (Å²) in [5.41, 5.74) is 9.04. The van der Waals surface area contributed by atoms with E-state index in [1.165, 1.54) is 0 Å². The number of allylic oxidation sites excluding steroid dienone is 1. The summed E-state index contributed by atoms with van der Waals surface area (Å²) in [6.45, 7) is 3.95. The van der Waals surface area contributed by atoms with Crippen molar-refractivity contribution in [2.75, 3.05) is 0 Å². The first-order chi connectivity index (χ1) is 8.93. The lowest BCUT2D eigenvalue weighted by molar-refractivity contribution is -0.132. The van der Waals surface area contributed by atoms with Crippen LogP contribution in [0.1, 0.15) is 19.4 Å². The Bertz CT molecular complexity index is 532. The summed E-state index contributed by atoms with van der Waals surface area (Å²) in [6, 6.07) is 7.11. The van der Waals surface area contributed by atoms with Crippen molar-refractivity contribution in [1.82, 2.24) is 5.43 Å². The van der Waals surface area contributed by atoms with Gasteiger partial charge in [0.1, 0.15) is 5.75 Å². The molecule has 0 aliphatic rings. The molecule has 1 aromatic rings. The topological polar surface area (TPSA) is 111 Å². The first-order valence-corrected chi connectivity index (χ1v) is 5.56. The molecule has 102 valence electrons. The second-order valence-corrected chi connectivity index (χ2v) is 4.09. The molecule has 1 rings (SSSR count). The first kappa shape index (κ1) is 14.6. The number of hydrogen-bond acceptors (Lipinski definition) is 5. The number of nitrogens with one attached hydrogen (secondary N) is 1. The van der Waals surface area contributed by atoms with Crippen LogP contribution < -0.4 is 21.7 Å². The van der Waals surface area contributed by atoms with Crippen LogP contribution in [-0.2, 0) is 4.79 Å². The van der Waals surface area contributed by atoms with E-state index in [0.717, 1.165) is 11.1 Å². The summed E-state index contributed by atoms with van der Waals surface area (Å²) < 4.78 is 5.32. The third-order valence-corrected chi connectivity index (χ3v) is 2.14. The number of benzene rings is 1. The average Bonchev–Trinajstić information content (AvgIpc) is 2.34. The standard InChI is InChI=1S/C13H17N3O3/c1-8(2)6-9-4-3-5-10(7-9)19-12(16-15)11(14)13(17)18/h3-7,16H,14-15H2,1-2H3,(H,17,18)/b12-11+. The van der Waals surface area contributed by atoms with Crippen LogP contribution in [0.3, 0.4) is 0 Å². The van der Waals surface area contributed by atoms with Gasteiger partial charge >= 0.3 is 5.97 Å². The maximum absolute atomic E-state index is 10.7. The molecule has 0 saturated carbocycles. The van der Waals surface area contributed by atoms with E-state index < -0.39 is 11.7 Å². The lowest BCUT2D eigenvalue weighted by atomic mass is 10.1. The van der Waals surface area contributed by atoms with Crippen molar-refractivity contribution < 1.29 is 14.6 Å². The predicted octanol–water partition coefficient (Wildman–Crippen LogP) is 1.16. The Morgan fingerprint density at radius 2 is 2.11 bits per heavy atom. The van der Waals surface area contributed by atoms with Gasteiger partial charge in [0.15, 0.2) is 5.70 Å². The highest BCUT2D eigenvalue weighted by Gasteiger charge is 2.12. The van der Waals surface area contributed by atoms with Gasteiger partial charge in [-0.1, -0.05) is 23.8 Å². The molecule has 1 aromatic carbocycles. The number of rotatable bonds is 5. The fraction of sp³-hybridized carbons (Fsp3) is 0.154. The Kier molecular flexibility index (Phi) is 4.96. The summed E-state index contributed by atoms with van der Waals surface area (Å²) in [5.74, 6) is 4.11. The summed E-state index contributed by atoms with van der Waals surface area (Å²) >= 11 is 0. The molecule has 19 heavy (non-hydrogen) atoms. The number of aliphatic carboxylic acids is 1. The molecule has 6 heteroatoms. The lowest BCUT2D eigenvalue weighted by Crippen LogP contribution is -2.31. The van der Waals surface area contributed by atoms with Gasteiger partial charge in [0.05, 0.1) is 0 Å². The van der Waals surface area contributed by atoms with Crippen LogP contribution in [0.2, 0.25) is 0 Å². The number of carboxylic acid groups (broad SMARTS) is 1. The summed E-state index contributed by atoms with van der Waals surface area (Å²) in [6.07, 6.45) is 1.96. The van der Waals surface area contributed by atoms with Crippen molar-refractivity contribution in [2.45, 2.75) is 13.8 Å². The third-order valence-electron chi connectivity index (χ3n) is 2.14. The molecule has 0 aliphatic heterocycles. The van der Waals surface area contributed by atoms with Gasteiger partial charge < -0.3 is 15.6 Å². The van der Waals surface area contributed by atoms with Crippen molar-refractivity contribution in [1.29, 1.82) is 0 Å². The summed E-state index contributed by atoms with van der Waals surface area (Å²) in [5, 5.41) is 8.77. The van der Waals surface area contributed by atoms with E-state index in [-0.39, 0.29) is 5.88 Å². The molecule has 0 atom stereocenters. The molecular weight excluding hydrogens is 246 g/mol. The van der Waals surface area contributed by atoms with Gasteiger partial charge in [0.25, 0.3) is 0 Å². The number of carbonyl (C=O) groups is 1. The van der Waals surface area contributed by atoms with Crippen LogP contribution >= 0.6 is 0 Å². The van der Waals surface area contributed by atoms with E-state index in [1.54, 1.807) is 18.2 Å². The van der Waals surface area contributed by atoms with Crippen LogP contribution in [0.4, 0.5) is 0 Å². The SMILES string of the molecule is CC(C)=Cc1cccc(O/C(NN)=C(/N)C(=O)O)c1. The number of hydrogen-bond donors (Lipinski definition) is 4. The monoisotopic (exact) mass is 263 g/mol. The van der Waals surface area contributed by atoms with Crippen molar-refractivity contribution in [3.63, 3.8) is 0 Å². The van der Waals surface area contributed by atoms with Crippen molar-refractivity contribution in [2.24, 2.45) is 11.6 Å². The minimum absolute atomic E-state index is 0.207. The molecule has 6 N–H and O–H groups in total. The van der Waals surface area contributed by atoms with Gasteiger partial charge in [0, 0.05) is 0 Å². The minimum atomic E-state index is -1.31. The fourth-order valence-corrected chi connectivity index (χ4v) is 1.38. The molecule has 0 aliphatic carbocycles. The highest BCUT2D eigenvalue weighted by Crippen LogP contribution is 2.17. The van der Waals surface area contributed by atoms with Crippen LogP contribution in [0.5, 0.6) is 5.75 Å². The highest BCUT2D eigenvalue weighted by molar-refractivity contribution is 5.85. The Balaban J connectivity index is 3.02.